The average Bonchev–Trinajstić information content (AvgIpc) is 2.69. The molecule has 1 aromatic rings. The van der Waals surface area contributed by atoms with Crippen LogP contribution in [-0.2, 0) is 4.79 Å². The molecule has 0 aromatic heterocycles. The molecular weight excluding hydrogens is 192 g/mol. The van der Waals surface area contributed by atoms with E-state index in [4.69, 9.17) is 10.5 Å². The van der Waals surface area contributed by atoms with Gasteiger partial charge < -0.3 is 15.8 Å². The lowest BCUT2D eigenvalue weighted by Gasteiger charge is -2.08. The van der Waals surface area contributed by atoms with Crippen LogP contribution in [0.25, 0.3) is 0 Å². The standard InChI is InChI=1S/C11H14N2O2/c12-5-6-13-11(14)9-7-15-10-4-2-1-3-8(9)10/h1-4,9H,5-7,12H2,(H,13,14). The van der Waals surface area contributed by atoms with Crippen molar-refractivity contribution in [3.05, 3.63) is 29.8 Å². The second kappa shape index (κ2) is 4.31. The Morgan fingerprint density at radius 2 is 2.33 bits per heavy atom. The Kier molecular flexibility index (Phi) is 2.87. The minimum Gasteiger partial charge on any atom is -0.492 e. The number of hydrogen-bond acceptors (Lipinski definition) is 3. The van der Waals surface area contributed by atoms with Gasteiger partial charge in [-0.05, 0) is 6.07 Å². The third kappa shape index (κ3) is 1.94. The van der Waals surface area contributed by atoms with Gasteiger partial charge >= 0.3 is 0 Å². The summed E-state index contributed by atoms with van der Waals surface area (Å²) in [5.74, 6) is 0.614. The predicted molar refractivity (Wildman–Crippen MR) is 56.7 cm³/mol. The molecule has 0 saturated carbocycles. The molecule has 80 valence electrons. The topological polar surface area (TPSA) is 64.3 Å². The quantitative estimate of drug-likeness (QED) is 0.744. The maximum absolute atomic E-state index is 11.7. The molecule has 0 aliphatic carbocycles. The minimum absolute atomic E-state index is 0.00889. The van der Waals surface area contributed by atoms with Gasteiger partial charge in [-0.2, -0.15) is 0 Å². The van der Waals surface area contributed by atoms with Crippen molar-refractivity contribution < 1.29 is 9.53 Å². The number of amides is 1. The molecule has 15 heavy (non-hydrogen) atoms. The van der Waals surface area contributed by atoms with Crippen LogP contribution < -0.4 is 15.8 Å². The van der Waals surface area contributed by atoms with Crippen molar-refractivity contribution in [1.82, 2.24) is 5.32 Å². The van der Waals surface area contributed by atoms with Crippen molar-refractivity contribution in [3.8, 4) is 5.75 Å². The maximum Gasteiger partial charge on any atom is 0.231 e. The third-order valence-corrected chi connectivity index (χ3v) is 2.46. The van der Waals surface area contributed by atoms with Gasteiger partial charge in [-0.3, -0.25) is 4.79 Å². The first-order valence-corrected chi connectivity index (χ1v) is 5.02. The van der Waals surface area contributed by atoms with Crippen LogP contribution in [-0.4, -0.2) is 25.6 Å². The Bertz CT molecular complexity index is 365. The van der Waals surface area contributed by atoms with Crippen LogP contribution in [0.15, 0.2) is 24.3 Å². The maximum atomic E-state index is 11.7. The van der Waals surface area contributed by atoms with Crippen LogP contribution >= 0.6 is 0 Å². The van der Waals surface area contributed by atoms with Gasteiger partial charge in [-0.25, -0.2) is 0 Å². The molecule has 4 nitrogen and oxygen atoms in total. The summed E-state index contributed by atoms with van der Waals surface area (Å²) in [4.78, 5) is 11.7. The van der Waals surface area contributed by atoms with E-state index in [1.54, 1.807) is 0 Å². The van der Waals surface area contributed by atoms with Crippen LogP contribution in [0.5, 0.6) is 5.75 Å². The first kappa shape index (κ1) is 9.98. The van der Waals surface area contributed by atoms with Crippen LogP contribution in [0.3, 0.4) is 0 Å². The SMILES string of the molecule is NCCNC(=O)C1COc2ccccc21. The molecule has 1 aliphatic heterocycles. The summed E-state index contributed by atoms with van der Waals surface area (Å²) in [5.41, 5.74) is 6.29. The minimum atomic E-state index is -0.187. The van der Waals surface area contributed by atoms with Crippen molar-refractivity contribution in [2.24, 2.45) is 5.73 Å². The number of nitrogens with one attached hydrogen (secondary N) is 1. The largest absolute Gasteiger partial charge is 0.492 e. The van der Waals surface area contributed by atoms with Gasteiger partial charge in [0.05, 0.1) is 0 Å². The van der Waals surface area contributed by atoms with E-state index in [9.17, 15) is 4.79 Å². The molecule has 1 unspecified atom stereocenters. The highest BCUT2D eigenvalue weighted by molar-refractivity contribution is 5.85. The fourth-order valence-electron chi connectivity index (χ4n) is 1.70. The molecule has 0 saturated heterocycles. The number of hydrogen-bond donors (Lipinski definition) is 2. The molecule has 2 rings (SSSR count). The van der Waals surface area contributed by atoms with Crippen molar-refractivity contribution in [2.75, 3.05) is 19.7 Å². The molecule has 1 heterocycles. The van der Waals surface area contributed by atoms with Gasteiger partial charge in [-0.15, -0.1) is 0 Å². The normalized spacial score (nSPS) is 18.1. The van der Waals surface area contributed by atoms with Crippen molar-refractivity contribution in [3.63, 3.8) is 0 Å². The Morgan fingerprint density at radius 3 is 3.13 bits per heavy atom. The van der Waals surface area contributed by atoms with Crippen LogP contribution in [0.2, 0.25) is 0 Å². The smallest absolute Gasteiger partial charge is 0.231 e. The van der Waals surface area contributed by atoms with Crippen LogP contribution in [0.4, 0.5) is 0 Å². The Hall–Kier alpha value is -1.55. The molecule has 0 spiro atoms. The number of ether oxygens (including phenoxy) is 1. The third-order valence-electron chi connectivity index (χ3n) is 2.46. The number of fused-ring (bicyclic) bond motifs is 1. The molecule has 0 bridgehead atoms. The zero-order valence-electron chi connectivity index (χ0n) is 8.40. The average molecular weight is 206 g/mol. The fraction of sp³-hybridized carbons (Fsp3) is 0.364. The molecule has 1 atom stereocenters. The summed E-state index contributed by atoms with van der Waals surface area (Å²) in [6.45, 7) is 1.40. The highest BCUT2D eigenvalue weighted by atomic mass is 16.5. The molecule has 3 N–H and O–H groups in total. The number of para-hydroxylation sites is 1. The Morgan fingerprint density at radius 1 is 1.53 bits per heavy atom. The Labute approximate surface area is 88.4 Å². The Balaban J connectivity index is 2.10. The number of rotatable bonds is 3. The van der Waals surface area contributed by atoms with Gasteiger partial charge in [-0.1, -0.05) is 18.2 Å². The second-order valence-corrected chi connectivity index (χ2v) is 3.48. The van der Waals surface area contributed by atoms with Crippen molar-refractivity contribution in [2.45, 2.75) is 5.92 Å². The van der Waals surface area contributed by atoms with E-state index in [2.05, 4.69) is 5.32 Å². The fourth-order valence-corrected chi connectivity index (χ4v) is 1.70. The van der Waals surface area contributed by atoms with Crippen molar-refractivity contribution in [1.29, 1.82) is 0 Å². The lowest BCUT2D eigenvalue weighted by atomic mass is 10.0. The zero-order valence-corrected chi connectivity index (χ0v) is 8.40. The molecule has 1 aliphatic rings. The molecule has 1 aromatic carbocycles. The zero-order chi connectivity index (χ0) is 10.7. The molecule has 0 fully saturated rings. The number of carbonyl (C=O) groups excluding carboxylic acids is 1. The lowest BCUT2D eigenvalue weighted by molar-refractivity contribution is -0.122. The van der Waals surface area contributed by atoms with Crippen molar-refractivity contribution >= 4 is 5.91 Å². The summed E-state index contributed by atoms with van der Waals surface area (Å²) in [5, 5.41) is 2.77. The van der Waals surface area contributed by atoms with E-state index in [1.807, 2.05) is 24.3 Å². The number of benzene rings is 1. The van der Waals surface area contributed by atoms with Gasteiger partial charge in [0.15, 0.2) is 0 Å². The summed E-state index contributed by atoms with van der Waals surface area (Å²) in [6, 6.07) is 7.62. The van der Waals surface area contributed by atoms with Crippen LogP contribution in [0, 0.1) is 0 Å². The summed E-state index contributed by atoms with van der Waals surface area (Å²) < 4.78 is 5.42. The van der Waals surface area contributed by atoms with E-state index in [0.717, 1.165) is 11.3 Å². The molecule has 1 amide bonds. The summed E-state index contributed by atoms with van der Waals surface area (Å²) in [7, 11) is 0. The lowest BCUT2D eigenvalue weighted by Crippen LogP contribution is -2.33. The van der Waals surface area contributed by atoms with Gasteiger partial charge in [0.1, 0.15) is 18.3 Å². The van der Waals surface area contributed by atoms with E-state index in [-0.39, 0.29) is 11.8 Å². The van der Waals surface area contributed by atoms with Crippen LogP contribution in [0.1, 0.15) is 11.5 Å². The van der Waals surface area contributed by atoms with E-state index in [0.29, 0.717) is 19.7 Å². The van der Waals surface area contributed by atoms with Gasteiger partial charge in [0.25, 0.3) is 0 Å². The van der Waals surface area contributed by atoms with E-state index >= 15 is 0 Å². The monoisotopic (exact) mass is 206 g/mol. The van der Waals surface area contributed by atoms with Gasteiger partial charge in [0.2, 0.25) is 5.91 Å². The number of nitrogens with two attached hydrogens (primary N) is 1. The molecule has 0 radical (unpaired) electrons. The van der Waals surface area contributed by atoms with E-state index < -0.39 is 0 Å². The highest BCUT2D eigenvalue weighted by Gasteiger charge is 2.29. The highest BCUT2D eigenvalue weighted by Crippen LogP contribution is 2.33. The molecule has 4 heteroatoms. The van der Waals surface area contributed by atoms with E-state index in [1.165, 1.54) is 0 Å². The summed E-state index contributed by atoms with van der Waals surface area (Å²) in [6.07, 6.45) is 0. The number of carbonyl (C=O) groups is 1. The van der Waals surface area contributed by atoms with Gasteiger partial charge in [0, 0.05) is 18.7 Å². The first-order chi connectivity index (χ1) is 7.33. The summed E-state index contributed by atoms with van der Waals surface area (Å²) >= 11 is 0. The first-order valence-electron chi connectivity index (χ1n) is 5.02. The predicted octanol–water partition coefficient (Wildman–Crippen LogP) is 0.238. The second-order valence-electron chi connectivity index (χ2n) is 3.48. The molecular formula is C11H14N2O2.